The van der Waals surface area contributed by atoms with Gasteiger partial charge < -0.3 is 19.6 Å². The maximum Gasteiger partial charge on any atom is 0.249 e. The monoisotopic (exact) mass is 512 g/mol. The molecule has 9 heteroatoms. The molecule has 4 rings (SSSR count). The Kier molecular flexibility index (Phi) is 7.35. The summed E-state index contributed by atoms with van der Waals surface area (Å²) in [6, 6.07) is 13.4. The highest BCUT2D eigenvalue weighted by Gasteiger charge is 2.29. The summed E-state index contributed by atoms with van der Waals surface area (Å²) in [5.41, 5.74) is 9.35. The number of benzene rings is 2. The third-order valence-corrected chi connectivity index (χ3v) is 6.22. The molecule has 2 N–H and O–H groups in total. The normalized spacial score (nSPS) is 12.4. The number of carbonyl (C=O) groups is 1. The molecule has 2 heterocycles. The first kappa shape index (κ1) is 26.6. The average Bonchev–Trinajstić information content (AvgIpc) is 3.52. The number of nitrogens with zero attached hydrogens (tertiary/aromatic N) is 5. The van der Waals surface area contributed by atoms with E-state index >= 15 is 0 Å². The van der Waals surface area contributed by atoms with Crippen molar-refractivity contribution in [2.75, 3.05) is 0 Å². The fourth-order valence-corrected chi connectivity index (χ4v) is 4.65. The molecule has 0 radical (unpaired) electrons. The van der Waals surface area contributed by atoms with Crippen LogP contribution in [0.1, 0.15) is 79.2 Å². The molecule has 38 heavy (non-hydrogen) atoms. The standard InChI is InChI=1S/C29H32N6O3/c1-17(2)38-24-12-11-20(26(31)36)25(22(24)14-30)21(27-32-16-37-34-27)13-18-7-9-19(10-8-18)23-15-35(6)28(33-23)29(3,4)5/h7-12,15-17,21H,13H2,1-6H3,(H2,31,36). The number of hydrogen-bond donors (Lipinski definition) is 1. The Bertz CT molecular complexity index is 1470. The summed E-state index contributed by atoms with van der Waals surface area (Å²) >= 11 is 0. The van der Waals surface area contributed by atoms with Crippen LogP contribution in [0.3, 0.4) is 0 Å². The lowest BCUT2D eigenvalue weighted by Gasteiger charge is -2.21. The van der Waals surface area contributed by atoms with E-state index in [1.54, 1.807) is 12.1 Å². The number of nitrogens with two attached hydrogens (primary N) is 1. The quantitative estimate of drug-likeness (QED) is 0.355. The van der Waals surface area contributed by atoms with E-state index < -0.39 is 11.8 Å². The molecular formula is C29H32N6O3. The number of ether oxygens (including phenoxy) is 1. The fraction of sp³-hybridized carbons (Fsp3) is 0.345. The van der Waals surface area contributed by atoms with Crippen molar-refractivity contribution < 1.29 is 14.1 Å². The largest absolute Gasteiger partial charge is 0.490 e. The van der Waals surface area contributed by atoms with Gasteiger partial charge >= 0.3 is 0 Å². The molecule has 0 saturated carbocycles. The van der Waals surface area contributed by atoms with E-state index in [0.29, 0.717) is 23.6 Å². The summed E-state index contributed by atoms with van der Waals surface area (Å²) in [6.07, 6.45) is 3.48. The number of primary amides is 1. The Morgan fingerprint density at radius 3 is 2.42 bits per heavy atom. The van der Waals surface area contributed by atoms with Crippen molar-refractivity contribution in [3.8, 4) is 23.1 Å². The van der Waals surface area contributed by atoms with Crippen LogP contribution in [0.5, 0.6) is 5.75 Å². The predicted octanol–water partition coefficient (Wildman–Crippen LogP) is 4.90. The molecule has 1 unspecified atom stereocenters. The number of carbonyl (C=O) groups excluding carboxylic acids is 1. The molecule has 0 aliphatic carbocycles. The summed E-state index contributed by atoms with van der Waals surface area (Å²) in [4.78, 5) is 21.6. The van der Waals surface area contributed by atoms with E-state index in [9.17, 15) is 10.1 Å². The van der Waals surface area contributed by atoms with Gasteiger partial charge in [0.25, 0.3) is 0 Å². The van der Waals surface area contributed by atoms with Gasteiger partial charge in [0.1, 0.15) is 17.6 Å². The third-order valence-electron chi connectivity index (χ3n) is 6.22. The zero-order chi connectivity index (χ0) is 27.6. The molecule has 9 nitrogen and oxygen atoms in total. The number of rotatable bonds is 8. The molecule has 2 aromatic heterocycles. The maximum absolute atomic E-state index is 12.5. The Morgan fingerprint density at radius 1 is 1.18 bits per heavy atom. The first-order valence-electron chi connectivity index (χ1n) is 12.4. The number of hydrogen-bond acceptors (Lipinski definition) is 7. The fourth-order valence-electron chi connectivity index (χ4n) is 4.65. The van der Waals surface area contributed by atoms with Crippen molar-refractivity contribution in [1.29, 1.82) is 5.26 Å². The van der Waals surface area contributed by atoms with E-state index in [1.807, 2.05) is 51.4 Å². The number of imidazole rings is 1. The topological polar surface area (TPSA) is 133 Å². The maximum atomic E-state index is 12.5. The molecule has 0 spiro atoms. The zero-order valence-electron chi connectivity index (χ0n) is 22.5. The van der Waals surface area contributed by atoms with Gasteiger partial charge in [0.15, 0.2) is 5.82 Å². The zero-order valence-corrected chi connectivity index (χ0v) is 22.5. The lowest BCUT2D eigenvalue weighted by Crippen LogP contribution is -2.20. The lowest BCUT2D eigenvalue weighted by atomic mass is 9.84. The third kappa shape index (κ3) is 5.44. The van der Waals surface area contributed by atoms with E-state index in [0.717, 1.165) is 22.6 Å². The van der Waals surface area contributed by atoms with Gasteiger partial charge in [-0.05, 0) is 43.5 Å². The molecule has 0 fully saturated rings. The van der Waals surface area contributed by atoms with Crippen molar-refractivity contribution in [2.45, 2.75) is 58.5 Å². The second-order valence-corrected chi connectivity index (χ2v) is 10.6. The van der Waals surface area contributed by atoms with Crippen molar-refractivity contribution in [3.05, 3.63) is 82.9 Å². The van der Waals surface area contributed by atoms with Crippen molar-refractivity contribution in [2.24, 2.45) is 12.8 Å². The number of aromatic nitrogens is 4. The molecule has 0 saturated heterocycles. The Hall–Kier alpha value is -4.45. The second kappa shape index (κ2) is 10.5. The summed E-state index contributed by atoms with van der Waals surface area (Å²) < 4.78 is 13.0. The van der Waals surface area contributed by atoms with Crippen LogP contribution in [0.4, 0.5) is 0 Å². The smallest absolute Gasteiger partial charge is 0.249 e. The molecule has 196 valence electrons. The number of amides is 1. The SMILES string of the molecule is CC(C)Oc1ccc(C(N)=O)c(C(Cc2ccc(-c3cn(C)c(C(C)(C)C)n3)cc2)c2ncon2)c1C#N. The van der Waals surface area contributed by atoms with Gasteiger partial charge in [0.2, 0.25) is 12.3 Å². The van der Waals surface area contributed by atoms with Crippen LogP contribution in [0.2, 0.25) is 0 Å². The van der Waals surface area contributed by atoms with Gasteiger partial charge in [-0.25, -0.2) is 4.98 Å². The van der Waals surface area contributed by atoms with Crippen LogP contribution in [0, 0.1) is 11.3 Å². The Morgan fingerprint density at radius 2 is 1.89 bits per heavy atom. The van der Waals surface area contributed by atoms with Crippen LogP contribution in [-0.2, 0) is 18.9 Å². The first-order valence-corrected chi connectivity index (χ1v) is 12.4. The Labute approximate surface area is 222 Å². The van der Waals surface area contributed by atoms with Gasteiger partial charge in [0, 0.05) is 29.8 Å². The van der Waals surface area contributed by atoms with Gasteiger partial charge in [-0.2, -0.15) is 10.2 Å². The molecule has 4 aromatic rings. The molecule has 0 bridgehead atoms. The van der Waals surface area contributed by atoms with Crippen LogP contribution >= 0.6 is 0 Å². The van der Waals surface area contributed by atoms with Crippen LogP contribution in [0.15, 0.2) is 53.5 Å². The summed E-state index contributed by atoms with van der Waals surface area (Å²) in [7, 11) is 2.00. The molecule has 1 atom stereocenters. The minimum Gasteiger partial charge on any atom is -0.490 e. The highest BCUT2D eigenvalue weighted by molar-refractivity contribution is 5.95. The van der Waals surface area contributed by atoms with Crippen molar-refractivity contribution in [1.82, 2.24) is 19.7 Å². The molecule has 0 aliphatic heterocycles. The summed E-state index contributed by atoms with van der Waals surface area (Å²) in [6.45, 7) is 10.1. The molecule has 0 aliphatic rings. The van der Waals surface area contributed by atoms with Gasteiger partial charge in [0.05, 0.1) is 23.3 Å². The predicted molar refractivity (Wildman–Crippen MR) is 143 cm³/mol. The highest BCUT2D eigenvalue weighted by atomic mass is 16.5. The molecule has 2 aromatic carbocycles. The Balaban J connectivity index is 1.76. The summed E-state index contributed by atoms with van der Waals surface area (Å²) in [5.74, 6) is 0.488. The van der Waals surface area contributed by atoms with Gasteiger partial charge in [-0.1, -0.05) is 50.2 Å². The van der Waals surface area contributed by atoms with E-state index in [4.69, 9.17) is 20.0 Å². The number of aryl methyl sites for hydroxylation is 1. The lowest BCUT2D eigenvalue weighted by molar-refractivity contribution is 0.0999. The van der Waals surface area contributed by atoms with Crippen LogP contribution < -0.4 is 10.5 Å². The van der Waals surface area contributed by atoms with E-state index in [2.05, 4.69) is 41.5 Å². The number of nitriles is 1. The minimum atomic E-state index is -0.652. The van der Waals surface area contributed by atoms with Crippen LogP contribution in [-0.4, -0.2) is 31.7 Å². The summed E-state index contributed by atoms with van der Waals surface area (Å²) in [5, 5.41) is 14.2. The van der Waals surface area contributed by atoms with Crippen LogP contribution in [0.25, 0.3) is 11.3 Å². The molecule has 1 amide bonds. The minimum absolute atomic E-state index is 0.0742. The van der Waals surface area contributed by atoms with Crippen molar-refractivity contribution in [3.63, 3.8) is 0 Å². The highest BCUT2D eigenvalue weighted by Crippen LogP contribution is 2.36. The van der Waals surface area contributed by atoms with Gasteiger partial charge in [-0.15, -0.1) is 0 Å². The average molecular weight is 513 g/mol. The first-order chi connectivity index (χ1) is 18.0. The van der Waals surface area contributed by atoms with Crippen molar-refractivity contribution >= 4 is 5.91 Å². The van der Waals surface area contributed by atoms with E-state index in [-0.39, 0.29) is 22.6 Å². The van der Waals surface area contributed by atoms with E-state index in [1.165, 1.54) is 6.39 Å². The second-order valence-electron chi connectivity index (χ2n) is 10.6. The van der Waals surface area contributed by atoms with Gasteiger partial charge in [-0.3, -0.25) is 4.79 Å². The molecular weight excluding hydrogens is 480 g/mol.